The van der Waals surface area contributed by atoms with Crippen LogP contribution in [0, 0.1) is 0 Å². The molecule has 1 atom stereocenters. The van der Waals surface area contributed by atoms with E-state index in [1.165, 1.54) is 14.0 Å². The van der Waals surface area contributed by atoms with E-state index >= 15 is 0 Å². The van der Waals surface area contributed by atoms with Crippen LogP contribution in [0.25, 0.3) is 0 Å². The topological polar surface area (TPSA) is 102 Å². The van der Waals surface area contributed by atoms with E-state index in [-0.39, 0.29) is 12.2 Å². The first kappa shape index (κ1) is 18.0. The largest absolute Gasteiger partial charge is 0.497 e. The Hall–Kier alpha value is -2.09. The Balaban J connectivity index is 2.75. The number of hydrogen-bond acceptors (Lipinski definition) is 5. The lowest BCUT2D eigenvalue weighted by atomic mass is 10.2. The third kappa shape index (κ3) is 6.57. The lowest BCUT2D eigenvalue weighted by Gasteiger charge is -2.17. The van der Waals surface area contributed by atoms with Crippen LogP contribution in [0.1, 0.15) is 13.3 Å². The van der Waals surface area contributed by atoms with Crippen LogP contribution in [0.5, 0.6) is 5.75 Å². The molecule has 0 aliphatic rings. The molecule has 2 amide bonds. The third-order valence-electron chi connectivity index (χ3n) is 2.83. The molecule has 0 aliphatic carbocycles. The molecule has 0 saturated carbocycles. The van der Waals surface area contributed by atoms with Crippen LogP contribution in [0.15, 0.2) is 24.3 Å². The average Bonchev–Trinajstić information content (AvgIpc) is 2.43. The number of hydrogen-bond donors (Lipinski definition) is 2. The summed E-state index contributed by atoms with van der Waals surface area (Å²) in [6, 6.07) is 5.75. The van der Waals surface area contributed by atoms with Gasteiger partial charge in [0, 0.05) is 18.9 Å². The van der Waals surface area contributed by atoms with Gasteiger partial charge in [-0.05, 0) is 30.7 Å². The molecule has 1 rings (SSSR count). The zero-order valence-electron chi connectivity index (χ0n) is 12.8. The molecule has 7 nitrogen and oxygen atoms in total. The second-order valence-corrected chi connectivity index (χ2v) is 7.15. The molecule has 22 heavy (non-hydrogen) atoms. The molecule has 0 spiro atoms. The monoisotopic (exact) mass is 328 g/mol. The Kier molecular flexibility index (Phi) is 6.36. The van der Waals surface area contributed by atoms with E-state index in [4.69, 9.17) is 4.74 Å². The lowest BCUT2D eigenvalue weighted by molar-refractivity contribution is -0.125. The van der Waals surface area contributed by atoms with Gasteiger partial charge in [-0.3, -0.25) is 9.59 Å². The van der Waals surface area contributed by atoms with E-state index < -0.39 is 27.7 Å². The number of ether oxygens (including phenoxy) is 1. The number of methoxy groups -OCH3 is 1. The minimum absolute atomic E-state index is 0.0143. The van der Waals surface area contributed by atoms with Gasteiger partial charge in [0.2, 0.25) is 11.8 Å². The van der Waals surface area contributed by atoms with Crippen molar-refractivity contribution in [2.75, 3.05) is 24.4 Å². The van der Waals surface area contributed by atoms with E-state index in [1.807, 2.05) is 0 Å². The van der Waals surface area contributed by atoms with Crippen molar-refractivity contribution in [1.82, 2.24) is 5.32 Å². The molecule has 8 heteroatoms. The normalized spacial score (nSPS) is 12.3. The second kappa shape index (κ2) is 7.79. The lowest BCUT2D eigenvalue weighted by Crippen LogP contribution is -2.43. The molecule has 0 unspecified atom stereocenters. The smallest absolute Gasteiger partial charge is 0.246 e. The summed E-state index contributed by atoms with van der Waals surface area (Å²) in [5, 5.41) is 5.09. The van der Waals surface area contributed by atoms with Crippen molar-refractivity contribution in [2.45, 2.75) is 19.4 Å². The standard InChI is InChI=1S/C14H20N2O5S/c1-10(17)15-13(8-9-22(3,19)20)14(18)16-11-4-6-12(21-2)7-5-11/h4-7,13H,8-9H2,1-3H3,(H,15,17)(H,16,18)/t13-/m0/s1. The summed E-state index contributed by atoms with van der Waals surface area (Å²) in [5.41, 5.74) is 0.528. The Morgan fingerprint density at radius 2 is 1.82 bits per heavy atom. The minimum Gasteiger partial charge on any atom is -0.497 e. The van der Waals surface area contributed by atoms with Crippen LogP contribution in [0.2, 0.25) is 0 Å². The maximum Gasteiger partial charge on any atom is 0.246 e. The van der Waals surface area contributed by atoms with E-state index in [0.29, 0.717) is 11.4 Å². The maximum absolute atomic E-state index is 12.2. The van der Waals surface area contributed by atoms with Gasteiger partial charge in [0.05, 0.1) is 12.9 Å². The van der Waals surface area contributed by atoms with Crippen molar-refractivity contribution >= 4 is 27.3 Å². The molecule has 1 aromatic rings. The summed E-state index contributed by atoms with van der Waals surface area (Å²) in [6.45, 7) is 1.27. The Morgan fingerprint density at radius 3 is 2.27 bits per heavy atom. The van der Waals surface area contributed by atoms with Gasteiger partial charge in [-0.15, -0.1) is 0 Å². The summed E-state index contributed by atoms with van der Waals surface area (Å²) in [5.74, 6) is -0.408. The number of carbonyl (C=O) groups excluding carboxylic acids is 2. The zero-order valence-corrected chi connectivity index (χ0v) is 13.6. The maximum atomic E-state index is 12.2. The van der Waals surface area contributed by atoms with Crippen molar-refractivity contribution in [3.63, 3.8) is 0 Å². The van der Waals surface area contributed by atoms with E-state index in [0.717, 1.165) is 6.26 Å². The number of amides is 2. The van der Waals surface area contributed by atoms with Gasteiger partial charge in [0.1, 0.15) is 21.6 Å². The van der Waals surface area contributed by atoms with Crippen LogP contribution in [0.4, 0.5) is 5.69 Å². The Labute approximate surface area is 130 Å². The number of rotatable bonds is 7. The van der Waals surface area contributed by atoms with Gasteiger partial charge >= 0.3 is 0 Å². The predicted octanol–water partition coefficient (Wildman–Crippen LogP) is 0.573. The average molecular weight is 328 g/mol. The van der Waals surface area contributed by atoms with Crippen LogP contribution in [0.3, 0.4) is 0 Å². The first-order chi connectivity index (χ1) is 10.2. The van der Waals surface area contributed by atoms with E-state index in [1.54, 1.807) is 24.3 Å². The highest BCUT2D eigenvalue weighted by Crippen LogP contribution is 2.15. The minimum atomic E-state index is -3.22. The summed E-state index contributed by atoms with van der Waals surface area (Å²) in [6.07, 6.45) is 1.10. The van der Waals surface area contributed by atoms with Gasteiger partial charge in [0.25, 0.3) is 0 Å². The van der Waals surface area contributed by atoms with Gasteiger partial charge < -0.3 is 15.4 Å². The first-order valence-electron chi connectivity index (χ1n) is 6.61. The highest BCUT2D eigenvalue weighted by atomic mass is 32.2. The fourth-order valence-corrected chi connectivity index (χ4v) is 2.41. The number of nitrogens with one attached hydrogen (secondary N) is 2. The van der Waals surface area contributed by atoms with Crippen LogP contribution >= 0.6 is 0 Å². The summed E-state index contributed by atoms with van der Waals surface area (Å²) in [7, 11) is -1.68. The molecule has 0 heterocycles. The van der Waals surface area contributed by atoms with Gasteiger partial charge in [-0.1, -0.05) is 0 Å². The summed E-state index contributed by atoms with van der Waals surface area (Å²) >= 11 is 0. The number of sulfone groups is 1. The van der Waals surface area contributed by atoms with Gasteiger partial charge in [-0.2, -0.15) is 0 Å². The molecular weight excluding hydrogens is 308 g/mol. The highest BCUT2D eigenvalue weighted by Gasteiger charge is 2.21. The Morgan fingerprint density at radius 1 is 1.23 bits per heavy atom. The predicted molar refractivity (Wildman–Crippen MR) is 83.6 cm³/mol. The molecule has 0 saturated heterocycles. The van der Waals surface area contributed by atoms with Crippen molar-refractivity contribution in [3.8, 4) is 5.75 Å². The van der Waals surface area contributed by atoms with Crippen LogP contribution in [-0.4, -0.2) is 45.4 Å². The SMILES string of the molecule is COc1ccc(NC(=O)[C@H](CCS(C)(=O)=O)NC(C)=O)cc1. The number of anilines is 1. The summed E-state index contributed by atoms with van der Waals surface area (Å²) in [4.78, 5) is 23.3. The number of carbonyl (C=O) groups is 2. The molecule has 0 aliphatic heterocycles. The van der Waals surface area contributed by atoms with E-state index in [2.05, 4.69) is 10.6 Å². The summed E-state index contributed by atoms with van der Waals surface area (Å²) < 4.78 is 27.4. The molecule has 1 aromatic carbocycles. The Bertz CT molecular complexity index is 625. The number of benzene rings is 1. The van der Waals surface area contributed by atoms with Crippen LogP contribution in [-0.2, 0) is 19.4 Å². The molecule has 0 bridgehead atoms. The molecule has 0 aromatic heterocycles. The fraction of sp³-hybridized carbons (Fsp3) is 0.429. The molecular formula is C14H20N2O5S. The quantitative estimate of drug-likeness (QED) is 0.762. The van der Waals surface area contributed by atoms with Crippen LogP contribution < -0.4 is 15.4 Å². The molecule has 122 valence electrons. The second-order valence-electron chi connectivity index (χ2n) is 4.89. The van der Waals surface area contributed by atoms with Crippen molar-refractivity contribution in [3.05, 3.63) is 24.3 Å². The van der Waals surface area contributed by atoms with Crippen molar-refractivity contribution < 1.29 is 22.7 Å². The van der Waals surface area contributed by atoms with E-state index in [9.17, 15) is 18.0 Å². The third-order valence-corrected chi connectivity index (χ3v) is 3.81. The molecule has 2 N–H and O–H groups in total. The first-order valence-corrected chi connectivity index (χ1v) is 8.67. The van der Waals surface area contributed by atoms with Gasteiger partial charge in [0.15, 0.2) is 0 Å². The zero-order chi connectivity index (χ0) is 16.8. The highest BCUT2D eigenvalue weighted by molar-refractivity contribution is 7.90. The van der Waals surface area contributed by atoms with Crippen molar-refractivity contribution in [1.29, 1.82) is 0 Å². The van der Waals surface area contributed by atoms with Crippen molar-refractivity contribution in [2.24, 2.45) is 0 Å². The fourth-order valence-electron chi connectivity index (χ4n) is 1.75. The molecule has 0 fully saturated rings. The molecule has 0 radical (unpaired) electrons. The van der Waals surface area contributed by atoms with Gasteiger partial charge in [-0.25, -0.2) is 8.42 Å².